The molecule has 2 aliphatic rings. The first-order valence-corrected chi connectivity index (χ1v) is 9.51. The van der Waals surface area contributed by atoms with E-state index in [1.807, 2.05) is 18.2 Å². The average Bonchev–Trinajstić information content (AvgIpc) is 3.14. The summed E-state index contributed by atoms with van der Waals surface area (Å²) in [6.07, 6.45) is 5.71. The number of aliphatic carboxylic acids is 1. The van der Waals surface area contributed by atoms with Gasteiger partial charge in [0.2, 0.25) is 0 Å². The van der Waals surface area contributed by atoms with Crippen molar-refractivity contribution in [2.24, 2.45) is 5.92 Å². The Balaban J connectivity index is 1.84. The van der Waals surface area contributed by atoms with Gasteiger partial charge in [0.25, 0.3) is 0 Å². The van der Waals surface area contributed by atoms with Gasteiger partial charge in [-0.1, -0.05) is 6.07 Å². The number of carboxylic acids is 1. The second kappa shape index (κ2) is 7.75. The molecule has 1 aromatic rings. The second-order valence-corrected chi connectivity index (χ2v) is 8.01. The molecule has 1 N–H and O–H groups in total. The molecule has 2 saturated carbocycles. The smallest absolute Gasteiger partial charge is 0.324 e. The fraction of sp³-hybridized carbons (Fsp3) is 0.600. The molecular formula is C20H24ClNO4. The number of nitrogens with zero attached hydrogens (tertiary/aromatic N) is 1. The highest BCUT2D eigenvalue weighted by molar-refractivity contribution is 6.33. The second-order valence-electron chi connectivity index (χ2n) is 7.29. The fourth-order valence-electron chi connectivity index (χ4n) is 4.11. The number of hydrogen-bond acceptors (Lipinski definition) is 4. The van der Waals surface area contributed by atoms with E-state index in [1.54, 1.807) is 7.11 Å². The minimum Gasteiger partial charge on any atom is -0.493 e. The van der Waals surface area contributed by atoms with Gasteiger partial charge in [0.1, 0.15) is 4.87 Å². The third kappa shape index (κ3) is 3.76. The maximum absolute atomic E-state index is 11.4. The van der Waals surface area contributed by atoms with Crippen LogP contribution in [0.4, 0.5) is 0 Å². The number of alkyl halides is 1. The Labute approximate surface area is 158 Å². The first-order valence-electron chi connectivity index (χ1n) is 9.13. The Bertz CT molecular complexity index is 710. The standard InChI is InChI=1S/C20H24ClNO4/c1-25-17-7-6-13(10-18(17)26-15-4-2-3-5-15)16-8-9-20(21,19(23)24)11-14(16)12-22/h6-7,10,14-16H,2-5,8-9,11H2,1H3,(H,23,24). The highest BCUT2D eigenvalue weighted by Crippen LogP contribution is 2.46. The molecule has 0 aromatic heterocycles. The molecule has 140 valence electrons. The Hall–Kier alpha value is -1.93. The highest BCUT2D eigenvalue weighted by Gasteiger charge is 2.45. The van der Waals surface area contributed by atoms with Gasteiger partial charge in [-0.3, -0.25) is 4.79 Å². The molecule has 0 spiro atoms. The summed E-state index contributed by atoms with van der Waals surface area (Å²) in [6, 6.07) is 8.03. The lowest BCUT2D eigenvalue weighted by atomic mass is 9.71. The fourth-order valence-corrected chi connectivity index (χ4v) is 4.38. The van der Waals surface area contributed by atoms with Gasteiger partial charge in [0, 0.05) is 0 Å². The number of halogens is 1. The molecule has 0 bridgehead atoms. The van der Waals surface area contributed by atoms with Crippen molar-refractivity contribution >= 4 is 17.6 Å². The number of rotatable bonds is 5. The topological polar surface area (TPSA) is 79.5 Å². The molecule has 1 aromatic carbocycles. The lowest BCUT2D eigenvalue weighted by Crippen LogP contribution is -2.40. The van der Waals surface area contributed by atoms with Gasteiger partial charge in [-0.15, -0.1) is 11.6 Å². The molecule has 2 aliphatic carbocycles. The van der Waals surface area contributed by atoms with Crippen LogP contribution in [-0.2, 0) is 4.79 Å². The molecule has 0 radical (unpaired) electrons. The number of hydrogen-bond donors (Lipinski definition) is 1. The van der Waals surface area contributed by atoms with E-state index in [9.17, 15) is 15.2 Å². The zero-order chi connectivity index (χ0) is 18.7. The number of nitriles is 1. The summed E-state index contributed by atoms with van der Waals surface area (Å²) < 4.78 is 11.6. The van der Waals surface area contributed by atoms with Crippen LogP contribution in [0.2, 0.25) is 0 Å². The van der Waals surface area contributed by atoms with Crippen molar-refractivity contribution in [3.63, 3.8) is 0 Å². The summed E-state index contributed by atoms with van der Waals surface area (Å²) in [7, 11) is 1.61. The van der Waals surface area contributed by atoms with E-state index in [4.69, 9.17) is 21.1 Å². The highest BCUT2D eigenvalue weighted by atomic mass is 35.5. The van der Waals surface area contributed by atoms with Gasteiger partial charge in [-0.2, -0.15) is 5.26 Å². The number of carboxylic acid groups (broad SMARTS) is 1. The molecule has 26 heavy (non-hydrogen) atoms. The summed E-state index contributed by atoms with van der Waals surface area (Å²) in [6.45, 7) is 0. The van der Waals surface area contributed by atoms with Gasteiger partial charge in [0.05, 0.1) is 25.2 Å². The van der Waals surface area contributed by atoms with Gasteiger partial charge in [-0.05, 0) is 68.6 Å². The summed E-state index contributed by atoms with van der Waals surface area (Å²) in [5.74, 6) is -0.150. The van der Waals surface area contributed by atoms with Crippen LogP contribution in [0, 0.1) is 17.2 Å². The summed E-state index contributed by atoms with van der Waals surface area (Å²) in [4.78, 5) is 10.1. The van der Waals surface area contributed by atoms with Crippen LogP contribution in [0.25, 0.3) is 0 Å². The molecule has 2 fully saturated rings. The van der Waals surface area contributed by atoms with Crippen LogP contribution >= 0.6 is 11.6 Å². The van der Waals surface area contributed by atoms with Crippen LogP contribution < -0.4 is 9.47 Å². The maximum atomic E-state index is 11.4. The molecule has 0 aliphatic heterocycles. The minimum absolute atomic E-state index is 0.0527. The largest absolute Gasteiger partial charge is 0.493 e. The normalized spacial score (nSPS) is 29.1. The average molecular weight is 378 g/mol. The predicted molar refractivity (Wildman–Crippen MR) is 97.8 cm³/mol. The first-order chi connectivity index (χ1) is 12.5. The number of ether oxygens (including phenoxy) is 2. The lowest BCUT2D eigenvalue weighted by molar-refractivity contribution is -0.141. The van der Waals surface area contributed by atoms with Crippen molar-refractivity contribution in [3.8, 4) is 17.6 Å². The van der Waals surface area contributed by atoms with Gasteiger partial charge in [0.15, 0.2) is 11.5 Å². The minimum atomic E-state index is -1.34. The number of carbonyl (C=O) groups is 1. The summed E-state index contributed by atoms with van der Waals surface area (Å²) >= 11 is 6.23. The van der Waals surface area contributed by atoms with Gasteiger partial charge >= 0.3 is 5.97 Å². The molecule has 5 nitrogen and oxygen atoms in total. The summed E-state index contributed by atoms with van der Waals surface area (Å²) in [5.41, 5.74) is 0.981. The van der Waals surface area contributed by atoms with E-state index in [0.29, 0.717) is 24.3 Å². The molecule has 6 heteroatoms. The van der Waals surface area contributed by atoms with Gasteiger partial charge in [-0.25, -0.2) is 0 Å². The maximum Gasteiger partial charge on any atom is 0.324 e. The molecule has 3 unspecified atom stereocenters. The molecule has 0 amide bonds. The molecule has 0 heterocycles. The van der Waals surface area contributed by atoms with E-state index in [2.05, 4.69) is 6.07 Å². The van der Waals surface area contributed by atoms with E-state index >= 15 is 0 Å². The Morgan fingerprint density at radius 1 is 1.31 bits per heavy atom. The third-order valence-corrected chi connectivity index (χ3v) is 6.15. The van der Waals surface area contributed by atoms with Crippen LogP contribution in [0.3, 0.4) is 0 Å². The SMILES string of the molecule is COc1ccc(C2CCC(Cl)(C(=O)O)CC2C#N)cc1OC1CCCC1. The van der Waals surface area contributed by atoms with Crippen molar-refractivity contribution < 1.29 is 19.4 Å². The van der Waals surface area contributed by atoms with Crippen molar-refractivity contribution in [2.75, 3.05) is 7.11 Å². The van der Waals surface area contributed by atoms with E-state index < -0.39 is 16.8 Å². The summed E-state index contributed by atoms with van der Waals surface area (Å²) in [5, 5.41) is 18.9. The number of benzene rings is 1. The zero-order valence-electron chi connectivity index (χ0n) is 14.9. The van der Waals surface area contributed by atoms with Crippen molar-refractivity contribution in [1.82, 2.24) is 0 Å². The monoisotopic (exact) mass is 377 g/mol. The van der Waals surface area contributed by atoms with Crippen LogP contribution in [0.15, 0.2) is 18.2 Å². The molecule has 3 rings (SSSR count). The Morgan fingerprint density at radius 3 is 2.65 bits per heavy atom. The molecular weight excluding hydrogens is 354 g/mol. The van der Waals surface area contributed by atoms with E-state index in [1.165, 1.54) is 12.8 Å². The zero-order valence-corrected chi connectivity index (χ0v) is 15.7. The quantitative estimate of drug-likeness (QED) is 0.765. The van der Waals surface area contributed by atoms with Crippen LogP contribution in [-0.4, -0.2) is 29.2 Å². The van der Waals surface area contributed by atoms with Crippen molar-refractivity contribution in [1.29, 1.82) is 5.26 Å². The third-order valence-electron chi connectivity index (χ3n) is 5.64. The van der Waals surface area contributed by atoms with Crippen molar-refractivity contribution in [3.05, 3.63) is 23.8 Å². The molecule has 3 atom stereocenters. The van der Waals surface area contributed by atoms with Crippen LogP contribution in [0.5, 0.6) is 11.5 Å². The van der Waals surface area contributed by atoms with Crippen LogP contribution in [0.1, 0.15) is 56.4 Å². The van der Waals surface area contributed by atoms with Gasteiger partial charge < -0.3 is 14.6 Å². The Kier molecular flexibility index (Phi) is 5.62. The predicted octanol–water partition coefficient (Wildman–Crippen LogP) is 4.49. The molecule has 0 saturated heterocycles. The van der Waals surface area contributed by atoms with E-state index in [-0.39, 0.29) is 18.4 Å². The van der Waals surface area contributed by atoms with E-state index in [0.717, 1.165) is 18.4 Å². The lowest BCUT2D eigenvalue weighted by Gasteiger charge is -2.36. The van der Waals surface area contributed by atoms with Crippen molar-refractivity contribution in [2.45, 2.75) is 61.8 Å². The Morgan fingerprint density at radius 2 is 2.04 bits per heavy atom. The first kappa shape index (κ1) is 18.8. The number of methoxy groups -OCH3 is 1.